The Labute approximate surface area is 107 Å². The number of hydrogen-bond donors (Lipinski definition) is 1. The minimum absolute atomic E-state index is 0.411. The quantitative estimate of drug-likeness (QED) is 0.737. The molecule has 1 rings (SSSR count). The molecule has 1 fully saturated rings. The maximum atomic E-state index is 6.28. The molecule has 0 spiro atoms. The number of rotatable bonds is 7. The molecule has 0 aromatic carbocycles. The van der Waals surface area contributed by atoms with Crippen molar-refractivity contribution in [1.82, 2.24) is 9.80 Å². The average molecular weight is 241 g/mol. The molecule has 0 bridgehead atoms. The molecule has 0 aromatic rings. The van der Waals surface area contributed by atoms with E-state index >= 15 is 0 Å². The van der Waals surface area contributed by atoms with Crippen molar-refractivity contribution in [3.63, 3.8) is 0 Å². The van der Waals surface area contributed by atoms with E-state index in [-0.39, 0.29) is 0 Å². The van der Waals surface area contributed by atoms with E-state index in [2.05, 4.69) is 30.6 Å². The minimum Gasteiger partial charge on any atom is -0.327 e. The highest BCUT2D eigenvalue weighted by Gasteiger charge is 2.27. The Kier molecular flexibility index (Phi) is 7.09. The summed E-state index contributed by atoms with van der Waals surface area (Å²) in [5.74, 6) is 0.668. The Morgan fingerprint density at radius 3 is 2.35 bits per heavy atom. The molecule has 0 amide bonds. The van der Waals surface area contributed by atoms with Gasteiger partial charge in [0.15, 0.2) is 0 Å². The van der Waals surface area contributed by atoms with Crippen LogP contribution in [0.2, 0.25) is 0 Å². The predicted molar refractivity (Wildman–Crippen MR) is 75.2 cm³/mol. The van der Waals surface area contributed by atoms with Gasteiger partial charge < -0.3 is 15.5 Å². The maximum Gasteiger partial charge on any atom is 0.0104 e. The van der Waals surface area contributed by atoms with Gasteiger partial charge in [0.2, 0.25) is 0 Å². The van der Waals surface area contributed by atoms with E-state index in [0.717, 1.165) is 0 Å². The minimum atomic E-state index is 0.411. The van der Waals surface area contributed by atoms with Crippen molar-refractivity contribution in [3.05, 3.63) is 0 Å². The van der Waals surface area contributed by atoms with Gasteiger partial charge in [-0.05, 0) is 51.4 Å². The molecule has 1 saturated heterocycles. The van der Waals surface area contributed by atoms with Crippen LogP contribution in [-0.2, 0) is 0 Å². The summed E-state index contributed by atoms with van der Waals surface area (Å²) < 4.78 is 0. The lowest BCUT2D eigenvalue weighted by atomic mass is 9.92. The van der Waals surface area contributed by atoms with Gasteiger partial charge in [0.1, 0.15) is 0 Å². The average Bonchev–Trinajstić information content (AvgIpc) is 2.32. The van der Waals surface area contributed by atoms with Crippen molar-refractivity contribution in [3.8, 4) is 0 Å². The second kappa shape index (κ2) is 8.06. The van der Waals surface area contributed by atoms with Crippen LogP contribution in [0.4, 0.5) is 0 Å². The normalized spacial score (nSPS) is 26.6. The lowest BCUT2D eigenvalue weighted by molar-refractivity contribution is 0.120. The zero-order valence-corrected chi connectivity index (χ0v) is 12.0. The number of likely N-dealkylation sites (tertiary alicyclic amines) is 1. The van der Waals surface area contributed by atoms with Crippen LogP contribution in [0.1, 0.15) is 40.0 Å². The standard InChI is InChI=1S/C14H31N3/c1-4-8-17(9-5-2)12-13-11-16(6-3)10-7-14(13)15/h13-14H,4-12,15H2,1-3H3. The number of piperidine rings is 1. The molecular formula is C14H31N3. The molecule has 2 N–H and O–H groups in total. The van der Waals surface area contributed by atoms with Crippen LogP contribution in [0.25, 0.3) is 0 Å². The van der Waals surface area contributed by atoms with E-state index in [1.807, 2.05) is 0 Å². The van der Waals surface area contributed by atoms with Crippen LogP contribution >= 0.6 is 0 Å². The third kappa shape index (κ3) is 4.94. The lowest BCUT2D eigenvalue weighted by Gasteiger charge is -2.39. The summed E-state index contributed by atoms with van der Waals surface area (Å²) in [6.07, 6.45) is 3.67. The van der Waals surface area contributed by atoms with Crippen LogP contribution in [0.15, 0.2) is 0 Å². The Morgan fingerprint density at radius 1 is 1.18 bits per heavy atom. The highest BCUT2D eigenvalue weighted by atomic mass is 15.2. The zero-order chi connectivity index (χ0) is 12.7. The molecule has 1 heterocycles. The molecule has 0 radical (unpaired) electrons. The summed E-state index contributed by atoms with van der Waals surface area (Å²) in [4.78, 5) is 5.15. The van der Waals surface area contributed by atoms with Crippen molar-refractivity contribution in [2.24, 2.45) is 11.7 Å². The molecule has 0 aliphatic carbocycles. The van der Waals surface area contributed by atoms with Crippen LogP contribution < -0.4 is 5.73 Å². The van der Waals surface area contributed by atoms with Gasteiger partial charge in [0.05, 0.1) is 0 Å². The summed E-state index contributed by atoms with van der Waals surface area (Å²) >= 11 is 0. The molecule has 17 heavy (non-hydrogen) atoms. The molecule has 1 aliphatic rings. The fraction of sp³-hybridized carbons (Fsp3) is 1.00. The molecule has 0 aromatic heterocycles. The van der Waals surface area contributed by atoms with E-state index in [4.69, 9.17) is 5.73 Å². The number of nitrogens with two attached hydrogens (primary N) is 1. The first-order valence-corrected chi connectivity index (χ1v) is 7.41. The maximum absolute atomic E-state index is 6.28. The number of nitrogens with zero attached hydrogens (tertiary/aromatic N) is 2. The van der Waals surface area contributed by atoms with E-state index < -0.39 is 0 Å². The highest BCUT2D eigenvalue weighted by Crippen LogP contribution is 2.17. The Hall–Kier alpha value is -0.120. The van der Waals surface area contributed by atoms with Gasteiger partial charge in [-0.1, -0.05) is 20.8 Å². The van der Waals surface area contributed by atoms with Gasteiger partial charge in [0, 0.05) is 19.1 Å². The van der Waals surface area contributed by atoms with Crippen molar-refractivity contribution in [2.75, 3.05) is 39.3 Å². The Bertz CT molecular complexity index is 190. The third-order valence-corrected chi connectivity index (χ3v) is 3.90. The Morgan fingerprint density at radius 2 is 1.82 bits per heavy atom. The van der Waals surface area contributed by atoms with E-state index in [1.165, 1.54) is 58.5 Å². The fourth-order valence-electron chi connectivity index (χ4n) is 2.86. The summed E-state index contributed by atoms with van der Waals surface area (Å²) in [6, 6.07) is 0.411. The second-order valence-electron chi connectivity index (χ2n) is 5.41. The first kappa shape index (κ1) is 14.9. The molecule has 1 aliphatic heterocycles. The lowest BCUT2D eigenvalue weighted by Crippen LogP contribution is -2.51. The van der Waals surface area contributed by atoms with Gasteiger partial charge in [-0.25, -0.2) is 0 Å². The monoisotopic (exact) mass is 241 g/mol. The van der Waals surface area contributed by atoms with Crippen LogP contribution in [-0.4, -0.2) is 55.1 Å². The molecule has 102 valence electrons. The smallest absolute Gasteiger partial charge is 0.0104 e. The molecule has 0 saturated carbocycles. The molecular weight excluding hydrogens is 210 g/mol. The molecule has 2 atom stereocenters. The van der Waals surface area contributed by atoms with Gasteiger partial charge in [0.25, 0.3) is 0 Å². The van der Waals surface area contributed by atoms with Crippen LogP contribution in [0, 0.1) is 5.92 Å². The highest BCUT2D eigenvalue weighted by molar-refractivity contribution is 4.84. The first-order chi connectivity index (χ1) is 8.21. The van der Waals surface area contributed by atoms with Crippen molar-refractivity contribution in [2.45, 2.75) is 46.1 Å². The topological polar surface area (TPSA) is 32.5 Å². The van der Waals surface area contributed by atoms with E-state index in [0.29, 0.717) is 12.0 Å². The van der Waals surface area contributed by atoms with E-state index in [1.54, 1.807) is 0 Å². The fourth-order valence-corrected chi connectivity index (χ4v) is 2.86. The second-order valence-corrected chi connectivity index (χ2v) is 5.41. The van der Waals surface area contributed by atoms with Crippen molar-refractivity contribution in [1.29, 1.82) is 0 Å². The predicted octanol–water partition coefficient (Wildman–Crippen LogP) is 1.78. The Balaban J connectivity index is 2.44. The summed E-state index contributed by atoms with van der Waals surface area (Å²) in [5.41, 5.74) is 6.28. The summed E-state index contributed by atoms with van der Waals surface area (Å²) in [7, 11) is 0. The van der Waals surface area contributed by atoms with Crippen molar-refractivity contribution < 1.29 is 0 Å². The molecule has 3 heteroatoms. The van der Waals surface area contributed by atoms with Crippen LogP contribution in [0.3, 0.4) is 0 Å². The van der Waals surface area contributed by atoms with Gasteiger partial charge in [-0.2, -0.15) is 0 Å². The summed E-state index contributed by atoms with van der Waals surface area (Å²) in [6.45, 7) is 14.0. The number of hydrogen-bond acceptors (Lipinski definition) is 3. The van der Waals surface area contributed by atoms with Gasteiger partial charge in [-0.3, -0.25) is 0 Å². The SMILES string of the molecule is CCCN(CCC)CC1CN(CC)CCC1N. The first-order valence-electron chi connectivity index (χ1n) is 7.41. The van der Waals surface area contributed by atoms with Crippen LogP contribution in [0.5, 0.6) is 0 Å². The molecule has 3 nitrogen and oxygen atoms in total. The van der Waals surface area contributed by atoms with Gasteiger partial charge in [-0.15, -0.1) is 0 Å². The van der Waals surface area contributed by atoms with Crippen molar-refractivity contribution >= 4 is 0 Å². The largest absolute Gasteiger partial charge is 0.327 e. The zero-order valence-electron chi connectivity index (χ0n) is 12.0. The molecule has 2 unspecified atom stereocenters. The van der Waals surface area contributed by atoms with Gasteiger partial charge >= 0.3 is 0 Å². The van der Waals surface area contributed by atoms with E-state index in [9.17, 15) is 0 Å². The third-order valence-electron chi connectivity index (χ3n) is 3.90. The summed E-state index contributed by atoms with van der Waals surface area (Å²) in [5, 5.41) is 0.